The van der Waals surface area contributed by atoms with Gasteiger partial charge in [-0.25, -0.2) is 0 Å². The van der Waals surface area contributed by atoms with Gasteiger partial charge in [0.25, 0.3) is 0 Å². The molecule has 3 N–H and O–H groups in total. The van der Waals surface area contributed by atoms with Gasteiger partial charge in [-0.05, 0) is 5.56 Å². The molecule has 1 rings (SSSR count). The van der Waals surface area contributed by atoms with Crippen molar-refractivity contribution in [1.29, 1.82) is 0 Å². The third-order valence-corrected chi connectivity index (χ3v) is 4.02. The number of hydrogen-bond acceptors (Lipinski definition) is 4. The van der Waals surface area contributed by atoms with Crippen molar-refractivity contribution >= 4 is 0 Å². The van der Waals surface area contributed by atoms with E-state index in [-0.39, 0.29) is 24.4 Å². The van der Waals surface area contributed by atoms with E-state index in [0.717, 1.165) is 5.56 Å². The summed E-state index contributed by atoms with van der Waals surface area (Å²) in [6.45, 7) is 6.34. The molecule has 4 nitrogen and oxygen atoms in total. The van der Waals surface area contributed by atoms with E-state index >= 15 is 0 Å². The lowest BCUT2D eigenvalue weighted by atomic mass is 9.85. The Bertz CT molecular complexity index is 382. The summed E-state index contributed by atoms with van der Waals surface area (Å²) in [6, 6.07) is 9.88. The molecular formula is C17H28O4. The van der Waals surface area contributed by atoms with Gasteiger partial charge in [0.1, 0.15) is 0 Å². The quantitative estimate of drug-likeness (QED) is 0.650. The fourth-order valence-corrected chi connectivity index (χ4v) is 2.38. The molecule has 0 saturated carbocycles. The maximum absolute atomic E-state index is 10.3. The van der Waals surface area contributed by atoms with E-state index in [4.69, 9.17) is 9.84 Å². The van der Waals surface area contributed by atoms with Crippen LogP contribution in [0.5, 0.6) is 0 Å². The number of aliphatic hydroxyl groups is 3. The Morgan fingerprint density at radius 3 is 2.10 bits per heavy atom. The van der Waals surface area contributed by atoms with Crippen LogP contribution < -0.4 is 0 Å². The zero-order chi connectivity index (χ0) is 15.8. The number of rotatable bonds is 9. The molecule has 4 heteroatoms. The zero-order valence-corrected chi connectivity index (χ0v) is 13.1. The average Bonchev–Trinajstić information content (AvgIpc) is 2.52. The molecule has 0 unspecified atom stereocenters. The molecule has 1 aromatic rings. The maximum Gasteiger partial charge on any atom is 0.0717 e. The third-order valence-electron chi connectivity index (χ3n) is 4.02. The molecular weight excluding hydrogens is 268 g/mol. The summed E-state index contributed by atoms with van der Waals surface area (Å²) in [4.78, 5) is 0. The van der Waals surface area contributed by atoms with E-state index in [0.29, 0.717) is 13.2 Å². The molecule has 0 aliphatic heterocycles. The first-order valence-electron chi connectivity index (χ1n) is 7.56. The van der Waals surface area contributed by atoms with Crippen LogP contribution in [0.3, 0.4) is 0 Å². The van der Waals surface area contributed by atoms with Gasteiger partial charge in [-0.1, -0.05) is 51.1 Å². The van der Waals surface area contributed by atoms with Crippen molar-refractivity contribution in [1.82, 2.24) is 0 Å². The molecule has 0 aliphatic carbocycles. The van der Waals surface area contributed by atoms with Gasteiger partial charge < -0.3 is 20.1 Å². The normalized spacial score (nSPS) is 18.8. The second-order valence-corrected chi connectivity index (χ2v) is 5.98. The SMILES string of the molecule is C[C@H]([C@@H](O)[C@@H](C)COCc1ccccc1)[C@H](O)[C@H](C)CO. The van der Waals surface area contributed by atoms with Gasteiger partial charge in [0.2, 0.25) is 0 Å². The summed E-state index contributed by atoms with van der Waals surface area (Å²) in [5, 5.41) is 29.4. The summed E-state index contributed by atoms with van der Waals surface area (Å²) in [5.74, 6) is -0.626. The Labute approximate surface area is 127 Å². The molecule has 0 amide bonds. The van der Waals surface area contributed by atoms with Crippen molar-refractivity contribution in [2.75, 3.05) is 13.2 Å². The van der Waals surface area contributed by atoms with Crippen LogP contribution in [-0.2, 0) is 11.3 Å². The van der Waals surface area contributed by atoms with E-state index in [2.05, 4.69) is 0 Å². The van der Waals surface area contributed by atoms with Crippen LogP contribution in [0.4, 0.5) is 0 Å². The summed E-state index contributed by atoms with van der Waals surface area (Å²) in [7, 11) is 0. The topological polar surface area (TPSA) is 69.9 Å². The minimum Gasteiger partial charge on any atom is -0.396 e. The molecule has 0 aromatic heterocycles. The highest BCUT2D eigenvalue weighted by atomic mass is 16.5. The van der Waals surface area contributed by atoms with Gasteiger partial charge in [-0.2, -0.15) is 0 Å². The first kappa shape index (κ1) is 18.1. The van der Waals surface area contributed by atoms with Crippen LogP contribution in [0.1, 0.15) is 26.3 Å². The van der Waals surface area contributed by atoms with Gasteiger partial charge in [0, 0.05) is 24.4 Å². The van der Waals surface area contributed by atoms with E-state index in [1.807, 2.05) is 37.3 Å². The third kappa shape index (κ3) is 5.75. The van der Waals surface area contributed by atoms with Crippen molar-refractivity contribution in [3.05, 3.63) is 35.9 Å². The summed E-state index contributed by atoms with van der Waals surface area (Å²) in [6.07, 6.45) is -1.38. The summed E-state index contributed by atoms with van der Waals surface area (Å²) < 4.78 is 5.63. The molecule has 0 bridgehead atoms. The molecule has 0 spiro atoms. The molecule has 120 valence electrons. The Kier molecular flexibility index (Phi) is 7.89. The lowest BCUT2D eigenvalue weighted by Gasteiger charge is -2.31. The smallest absolute Gasteiger partial charge is 0.0717 e. The average molecular weight is 296 g/mol. The Morgan fingerprint density at radius 2 is 1.52 bits per heavy atom. The molecule has 5 atom stereocenters. The molecule has 0 aliphatic rings. The number of benzene rings is 1. The van der Waals surface area contributed by atoms with Gasteiger partial charge in [-0.3, -0.25) is 0 Å². The molecule has 1 aromatic carbocycles. The second kappa shape index (κ2) is 9.15. The van der Waals surface area contributed by atoms with Crippen molar-refractivity contribution in [2.24, 2.45) is 17.8 Å². The standard InChI is InChI=1S/C17H28O4/c1-12(9-18)16(19)14(3)17(20)13(2)10-21-11-15-7-5-4-6-8-15/h4-8,12-14,16-20H,9-11H2,1-3H3/t12-,13+,14+,16-,17+/m1/s1. The van der Waals surface area contributed by atoms with Gasteiger partial charge in [0.15, 0.2) is 0 Å². The fraction of sp³-hybridized carbons (Fsp3) is 0.647. The van der Waals surface area contributed by atoms with E-state index in [1.165, 1.54) is 0 Å². The second-order valence-electron chi connectivity index (χ2n) is 5.98. The first-order chi connectivity index (χ1) is 9.97. The van der Waals surface area contributed by atoms with Crippen LogP contribution in [0.2, 0.25) is 0 Å². The minimum atomic E-state index is -0.721. The highest BCUT2D eigenvalue weighted by molar-refractivity contribution is 5.13. The monoisotopic (exact) mass is 296 g/mol. The lowest BCUT2D eigenvalue weighted by Crippen LogP contribution is -2.39. The Balaban J connectivity index is 2.38. The van der Waals surface area contributed by atoms with E-state index in [1.54, 1.807) is 13.8 Å². The van der Waals surface area contributed by atoms with Crippen LogP contribution in [0.15, 0.2) is 30.3 Å². The highest BCUT2D eigenvalue weighted by Gasteiger charge is 2.30. The Morgan fingerprint density at radius 1 is 0.952 bits per heavy atom. The molecule has 0 fully saturated rings. The van der Waals surface area contributed by atoms with Crippen LogP contribution in [0, 0.1) is 17.8 Å². The largest absolute Gasteiger partial charge is 0.396 e. The molecule has 0 radical (unpaired) electrons. The molecule has 21 heavy (non-hydrogen) atoms. The van der Waals surface area contributed by atoms with Crippen molar-refractivity contribution in [2.45, 2.75) is 39.6 Å². The number of hydrogen-bond donors (Lipinski definition) is 3. The van der Waals surface area contributed by atoms with Crippen LogP contribution in [0.25, 0.3) is 0 Å². The van der Waals surface area contributed by atoms with Gasteiger partial charge in [-0.15, -0.1) is 0 Å². The van der Waals surface area contributed by atoms with Crippen molar-refractivity contribution in [3.8, 4) is 0 Å². The predicted octanol–water partition coefficient (Wildman–Crippen LogP) is 1.83. The molecule has 0 heterocycles. The fourth-order valence-electron chi connectivity index (χ4n) is 2.38. The predicted molar refractivity (Wildman–Crippen MR) is 82.7 cm³/mol. The maximum atomic E-state index is 10.3. The summed E-state index contributed by atoms with van der Waals surface area (Å²) in [5.41, 5.74) is 1.10. The minimum absolute atomic E-state index is 0.0794. The van der Waals surface area contributed by atoms with Gasteiger partial charge >= 0.3 is 0 Å². The number of aliphatic hydroxyl groups excluding tert-OH is 3. The number of ether oxygens (including phenoxy) is 1. The van der Waals surface area contributed by atoms with Crippen LogP contribution >= 0.6 is 0 Å². The lowest BCUT2D eigenvalue weighted by molar-refractivity contribution is -0.0556. The molecule has 0 saturated heterocycles. The van der Waals surface area contributed by atoms with Crippen molar-refractivity contribution < 1.29 is 20.1 Å². The zero-order valence-electron chi connectivity index (χ0n) is 13.1. The van der Waals surface area contributed by atoms with Gasteiger partial charge in [0.05, 0.1) is 25.4 Å². The van der Waals surface area contributed by atoms with Crippen LogP contribution in [-0.4, -0.2) is 40.7 Å². The Hall–Kier alpha value is -0.940. The van der Waals surface area contributed by atoms with E-state index in [9.17, 15) is 10.2 Å². The highest BCUT2D eigenvalue weighted by Crippen LogP contribution is 2.21. The van der Waals surface area contributed by atoms with Crippen molar-refractivity contribution in [3.63, 3.8) is 0 Å². The summed E-state index contributed by atoms with van der Waals surface area (Å²) >= 11 is 0. The van der Waals surface area contributed by atoms with E-state index < -0.39 is 12.2 Å². The first-order valence-corrected chi connectivity index (χ1v) is 7.56.